The summed E-state index contributed by atoms with van der Waals surface area (Å²) < 4.78 is 6.80. The van der Waals surface area contributed by atoms with Crippen LogP contribution in [0.1, 0.15) is 23.0 Å². The number of aromatic amines is 1. The minimum atomic E-state index is -0.0578. The number of hydrazine groups is 1. The molecule has 0 fully saturated rings. The minimum absolute atomic E-state index is 0.0578. The first-order chi connectivity index (χ1) is 9.28. The number of aromatic nitrogens is 2. The van der Waals surface area contributed by atoms with Crippen molar-refractivity contribution < 1.29 is 4.74 Å². The van der Waals surface area contributed by atoms with E-state index in [0.29, 0.717) is 0 Å². The topological polar surface area (TPSA) is 76.0 Å². The Morgan fingerprint density at radius 2 is 2.42 bits per heavy atom. The van der Waals surface area contributed by atoms with Gasteiger partial charge in [-0.25, -0.2) is 10.4 Å². The molecular weight excluding hydrogens is 308 g/mol. The van der Waals surface area contributed by atoms with Gasteiger partial charge in [0, 0.05) is 23.3 Å². The number of imidazole rings is 1. The van der Waals surface area contributed by atoms with Gasteiger partial charge in [0.15, 0.2) is 0 Å². The largest absolute Gasteiger partial charge is 0.493 e. The standard InChI is InChI=1S/C13H15BrN4O/c14-10-5-8-1-4-19-12(8)9(6-10)7-11(18-15)13-16-2-3-17-13/h2-3,5-6,11,18H,1,4,7,15H2,(H,16,17). The van der Waals surface area contributed by atoms with Crippen molar-refractivity contribution in [2.75, 3.05) is 6.61 Å². The second kappa shape index (κ2) is 5.32. The van der Waals surface area contributed by atoms with Crippen LogP contribution in [0.5, 0.6) is 5.75 Å². The molecule has 0 aliphatic carbocycles. The van der Waals surface area contributed by atoms with Crippen LogP contribution in [0, 0.1) is 0 Å². The predicted octanol–water partition coefficient (Wildman–Crippen LogP) is 1.85. The Morgan fingerprint density at radius 3 is 3.16 bits per heavy atom. The normalized spacial score (nSPS) is 15.1. The Kier molecular flexibility index (Phi) is 3.54. The second-order valence-electron chi connectivity index (χ2n) is 4.55. The van der Waals surface area contributed by atoms with Crippen molar-refractivity contribution in [3.63, 3.8) is 0 Å². The van der Waals surface area contributed by atoms with E-state index in [1.165, 1.54) is 5.56 Å². The minimum Gasteiger partial charge on any atom is -0.493 e. The van der Waals surface area contributed by atoms with E-state index >= 15 is 0 Å². The molecule has 0 amide bonds. The van der Waals surface area contributed by atoms with Gasteiger partial charge in [-0.05, 0) is 29.7 Å². The molecule has 0 saturated heterocycles. The van der Waals surface area contributed by atoms with E-state index in [2.05, 4.69) is 43.5 Å². The van der Waals surface area contributed by atoms with Gasteiger partial charge in [0.1, 0.15) is 11.6 Å². The van der Waals surface area contributed by atoms with Crippen LogP contribution in [-0.4, -0.2) is 16.6 Å². The molecule has 1 atom stereocenters. The SMILES string of the molecule is NNC(Cc1cc(Br)cc2c1OCC2)c1ncc[nH]1. The van der Waals surface area contributed by atoms with Gasteiger partial charge in [0.2, 0.25) is 0 Å². The lowest BCUT2D eigenvalue weighted by Crippen LogP contribution is -2.30. The summed E-state index contributed by atoms with van der Waals surface area (Å²) in [5.74, 6) is 7.46. The maximum absolute atomic E-state index is 5.73. The van der Waals surface area contributed by atoms with Crippen LogP contribution < -0.4 is 16.0 Å². The molecular formula is C13H15BrN4O. The fraction of sp³-hybridized carbons (Fsp3) is 0.308. The zero-order valence-electron chi connectivity index (χ0n) is 10.3. The first kappa shape index (κ1) is 12.7. The molecule has 1 aliphatic rings. The van der Waals surface area contributed by atoms with Crippen molar-refractivity contribution in [1.82, 2.24) is 15.4 Å². The summed E-state index contributed by atoms with van der Waals surface area (Å²) in [6.45, 7) is 0.750. The molecule has 1 aromatic heterocycles. The number of nitrogens with zero attached hydrogens (tertiary/aromatic N) is 1. The van der Waals surface area contributed by atoms with Crippen LogP contribution in [0.25, 0.3) is 0 Å². The maximum Gasteiger partial charge on any atom is 0.125 e. The molecule has 0 spiro atoms. The van der Waals surface area contributed by atoms with Crippen molar-refractivity contribution in [2.45, 2.75) is 18.9 Å². The number of H-pyrrole nitrogens is 1. The Labute approximate surface area is 119 Å². The number of hydrogen-bond donors (Lipinski definition) is 3. The highest BCUT2D eigenvalue weighted by Gasteiger charge is 2.21. The van der Waals surface area contributed by atoms with Crippen LogP contribution in [-0.2, 0) is 12.8 Å². The fourth-order valence-electron chi connectivity index (χ4n) is 2.42. The van der Waals surface area contributed by atoms with Crippen molar-refractivity contribution in [3.8, 4) is 5.75 Å². The Bertz CT molecular complexity index is 570. The van der Waals surface area contributed by atoms with Crippen LogP contribution in [0.3, 0.4) is 0 Å². The number of ether oxygens (including phenoxy) is 1. The molecule has 1 unspecified atom stereocenters. The van der Waals surface area contributed by atoms with E-state index in [1.807, 2.05) is 0 Å². The molecule has 5 nitrogen and oxygen atoms in total. The maximum atomic E-state index is 5.73. The summed E-state index contributed by atoms with van der Waals surface area (Å²) in [7, 11) is 0. The van der Waals surface area contributed by atoms with Gasteiger partial charge in [-0.1, -0.05) is 15.9 Å². The molecule has 3 rings (SSSR count). The highest BCUT2D eigenvalue weighted by molar-refractivity contribution is 9.10. The molecule has 1 aromatic carbocycles. The number of nitrogens with one attached hydrogen (secondary N) is 2. The van der Waals surface area contributed by atoms with E-state index < -0.39 is 0 Å². The van der Waals surface area contributed by atoms with Crippen molar-refractivity contribution in [2.24, 2.45) is 5.84 Å². The van der Waals surface area contributed by atoms with E-state index in [9.17, 15) is 0 Å². The van der Waals surface area contributed by atoms with E-state index in [-0.39, 0.29) is 6.04 Å². The van der Waals surface area contributed by atoms with E-state index in [0.717, 1.165) is 41.1 Å². The molecule has 0 saturated carbocycles. The van der Waals surface area contributed by atoms with Crippen LogP contribution in [0.15, 0.2) is 29.0 Å². The van der Waals surface area contributed by atoms with Crippen molar-refractivity contribution in [3.05, 3.63) is 46.0 Å². The number of rotatable bonds is 4. The zero-order valence-corrected chi connectivity index (χ0v) is 11.9. The van der Waals surface area contributed by atoms with Gasteiger partial charge >= 0.3 is 0 Å². The summed E-state index contributed by atoms with van der Waals surface area (Å²) in [5.41, 5.74) is 5.19. The number of halogens is 1. The van der Waals surface area contributed by atoms with Crippen LogP contribution in [0.4, 0.5) is 0 Å². The summed E-state index contributed by atoms with van der Waals surface area (Å²) in [6.07, 6.45) is 5.21. The van der Waals surface area contributed by atoms with Gasteiger partial charge in [-0.2, -0.15) is 0 Å². The average Bonchev–Trinajstić information content (AvgIpc) is 3.05. The lowest BCUT2D eigenvalue weighted by Gasteiger charge is -2.16. The molecule has 1 aliphatic heterocycles. The fourth-order valence-corrected chi connectivity index (χ4v) is 2.97. The first-order valence-electron chi connectivity index (χ1n) is 6.17. The number of hydrogen-bond acceptors (Lipinski definition) is 4. The molecule has 6 heteroatoms. The Balaban J connectivity index is 1.90. The number of benzene rings is 1. The summed E-state index contributed by atoms with van der Waals surface area (Å²) in [5, 5.41) is 0. The third-order valence-electron chi connectivity index (χ3n) is 3.30. The lowest BCUT2D eigenvalue weighted by atomic mass is 10.0. The zero-order chi connectivity index (χ0) is 13.2. The Hall–Kier alpha value is -1.37. The van der Waals surface area contributed by atoms with Crippen LogP contribution >= 0.6 is 15.9 Å². The second-order valence-corrected chi connectivity index (χ2v) is 5.47. The molecule has 19 heavy (non-hydrogen) atoms. The Morgan fingerprint density at radius 1 is 1.53 bits per heavy atom. The predicted molar refractivity (Wildman–Crippen MR) is 75.7 cm³/mol. The van der Waals surface area contributed by atoms with Gasteiger partial charge in [0.25, 0.3) is 0 Å². The molecule has 2 aromatic rings. The quantitative estimate of drug-likeness (QED) is 0.593. The van der Waals surface area contributed by atoms with E-state index in [4.69, 9.17) is 10.6 Å². The third kappa shape index (κ3) is 2.51. The smallest absolute Gasteiger partial charge is 0.125 e. The van der Waals surface area contributed by atoms with Gasteiger partial charge in [-0.15, -0.1) is 0 Å². The number of fused-ring (bicyclic) bond motifs is 1. The van der Waals surface area contributed by atoms with Crippen molar-refractivity contribution in [1.29, 1.82) is 0 Å². The van der Waals surface area contributed by atoms with Crippen molar-refractivity contribution >= 4 is 15.9 Å². The highest BCUT2D eigenvalue weighted by atomic mass is 79.9. The van der Waals surface area contributed by atoms with Gasteiger partial charge < -0.3 is 9.72 Å². The molecule has 0 bridgehead atoms. The lowest BCUT2D eigenvalue weighted by molar-refractivity contribution is 0.351. The van der Waals surface area contributed by atoms with Gasteiger partial charge in [0.05, 0.1) is 12.6 Å². The summed E-state index contributed by atoms with van der Waals surface area (Å²) in [4.78, 5) is 7.33. The molecule has 100 valence electrons. The number of nitrogens with two attached hydrogens (primary N) is 1. The first-order valence-corrected chi connectivity index (χ1v) is 6.96. The average molecular weight is 323 g/mol. The molecule has 0 radical (unpaired) electrons. The molecule has 4 N–H and O–H groups in total. The monoisotopic (exact) mass is 322 g/mol. The van der Waals surface area contributed by atoms with Gasteiger partial charge in [-0.3, -0.25) is 5.84 Å². The third-order valence-corrected chi connectivity index (χ3v) is 3.76. The summed E-state index contributed by atoms with van der Waals surface area (Å²) in [6, 6.07) is 4.14. The van der Waals surface area contributed by atoms with Crippen LogP contribution in [0.2, 0.25) is 0 Å². The highest BCUT2D eigenvalue weighted by Crippen LogP contribution is 2.34. The molecule has 2 heterocycles. The summed E-state index contributed by atoms with van der Waals surface area (Å²) >= 11 is 3.55. The van der Waals surface area contributed by atoms with E-state index in [1.54, 1.807) is 12.4 Å².